The minimum atomic E-state index is -0.0243. The highest BCUT2D eigenvalue weighted by Crippen LogP contribution is 2.06. The Balaban J connectivity index is 2.57. The maximum Gasteiger partial charge on any atom is 0.274 e. The van der Waals surface area contributed by atoms with Crippen LogP contribution in [0.5, 0.6) is 0 Å². The van der Waals surface area contributed by atoms with Crippen molar-refractivity contribution in [3.05, 3.63) is 18.1 Å². The topological polar surface area (TPSA) is 58.1 Å². The van der Waals surface area contributed by atoms with Crippen molar-refractivity contribution in [2.45, 2.75) is 52.9 Å². The first-order chi connectivity index (χ1) is 10.2. The van der Waals surface area contributed by atoms with E-state index < -0.39 is 0 Å². The number of nitrogens with zero attached hydrogens (tertiary/aromatic N) is 3. The van der Waals surface area contributed by atoms with Crippen molar-refractivity contribution >= 4 is 11.7 Å². The summed E-state index contributed by atoms with van der Waals surface area (Å²) in [4.78, 5) is 22.7. The number of carbonyl (C=O) groups excluding carboxylic acids is 1. The van der Waals surface area contributed by atoms with Crippen LogP contribution in [-0.4, -0.2) is 40.4 Å². The molecule has 1 amide bonds. The first kappa shape index (κ1) is 17.4. The number of hydrogen-bond donors (Lipinski definition) is 1. The molecule has 0 saturated heterocycles. The van der Waals surface area contributed by atoms with Gasteiger partial charge in [-0.3, -0.25) is 4.79 Å². The number of anilines is 1. The van der Waals surface area contributed by atoms with Gasteiger partial charge in [0, 0.05) is 19.6 Å². The van der Waals surface area contributed by atoms with E-state index in [4.69, 9.17) is 0 Å². The van der Waals surface area contributed by atoms with E-state index in [1.54, 1.807) is 12.4 Å². The first-order valence-electron chi connectivity index (χ1n) is 8.08. The molecule has 0 radical (unpaired) electrons. The van der Waals surface area contributed by atoms with Crippen molar-refractivity contribution in [3.8, 4) is 0 Å². The van der Waals surface area contributed by atoms with Crippen molar-refractivity contribution in [1.29, 1.82) is 0 Å². The zero-order valence-electron chi connectivity index (χ0n) is 13.6. The zero-order chi connectivity index (χ0) is 15.5. The summed E-state index contributed by atoms with van der Waals surface area (Å²) in [5, 5.41) is 3.23. The van der Waals surface area contributed by atoms with Gasteiger partial charge >= 0.3 is 0 Å². The highest BCUT2D eigenvalue weighted by molar-refractivity contribution is 5.92. The monoisotopic (exact) mass is 292 g/mol. The number of carbonyl (C=O) groups is 1. The third kappa shape index (κ3) is 6.10. The summed E-state index contributed by atoms with van der Waals surface area (Å²) in [6.07, 6.45) is 8.66. The van der Waals surface area contributed by atoms with Gasteiger partial charge in [0.1, 0.15) is 11.5 Å². The molecule has 5 heteroatoms. The van der Waals surface area contributed by atoms with Crippen LogP contribution >= 0.6 is 0 Å². The Morgan fingerprint density at radius 2 is 1.76 bits per heavy atom. The van der Waals surface area contributed by atoms with Crippen LogP contribution in [0.25, 0.3) is 0 Å². The van der Waals surface area contributed by atoms with Gasteiger partial charge in [0.25, 0.3) is 5.91 Å². The summed E-state index contributed by atoms with van der Waals surface area (Å²) in [5.74, 6) is 0.712. The van der Waals surface area contributed by atoms with Gasteiger partial charge in [-0.2, -0.15) is 0 Å². The lowest BCUT2D eigenvalue weighted by Crippen LogP contribution is -2.33. The second-order valence-corrected chi connectivity index (χ2v) is 5.21. The fourth-order valence-electron chi connectivity index (χ4n) is 2.14. The lowest BCUT2D eigenvalue weighted by atomic mass is 10.2. The Hall–Kier alpha value is -1.65. The van der Waals surface area contributed by atoms with E-state index in [1.165, 1.54) is 12.8 Å². The molecule has 0 aliphatic carbocycles. The number of aromatic nitrogens is 2. The fourth-order valence-corrected chi connectivity index (χ4v) is 2.14. The molecule has 0 unspecified atom stereocenters. The number of rotatable bonds is 10. The van der Waals surface area contributed by atoms with Gasteiger partial charge < -0.3 is 10.2 Å². The largest absolute Gasteiger partial charge is 0.369 e. The molecule has 1 N–H and O–H groups in total. The van der Waals surface area contributed by atoms with Gasteiger partial charge in [-0.1, -0.05) is 33.6 Å². The predicted molar refractivity (Wildman–Crippen MR) is 86.5 cm³/mol. The number of nitrogens with one attached hydrogen (secondary N) is 1. The average molecular weight is 292 g/mol. The fraction of sp³-hybridized carbons (Fsp3) is 0.688. The van der Waals surface area contributed by atoms with Crippen molar-refractivity contribution in [3.63, 3.8) is 0 Å². The van der Waals surface area contributed by atoms with Crippen molar-refractivity contribution < 1.29 is 4.79 Å². The SMILES string of the molecule is CCCCCNc1cnc(C(=O)N(CCC)CCC)cn1. The quantitative estimate of drug-likeness (QED) is 0.672. The molecular weight excluding hydrogens is 264 g/mol. The number of hydrogen-bond acceptors (Lipinski definition) is 4. The number of unbranched alkanes of at least 4 members (excludes halogenated alkanes) is 2. The molecule has 1 aromatic rings. The Morgan fingerprint density at radius 1 is 1.05 bits per heavy atom. The van der Waals surface area contributed by atoms with E-state index in [2.05, 4.69) is 36.1 Å². The zero-order valence-corrected chi connectivity index (χ0v) is 13.6. The van der Waals surface area contributed by atoms with Crippen LogP contribution in [0.1, 0.15) is 63.4 Å². The van der Waals surface area contributed by atoms with E-state index in [1.807, 2.05) is 4.90 Å². The van der Waals surface area contributed by atoms with Crippen LogP contribution in [0.2, 0.25) is 0 Å². The average Bonchev–Trinajstić information content (AvgIpc) is 2.51. The molecule has 0 spiro atoms. The maximum atomic E-state index is 12.3. The molecule has 0 atom stereocenters. The molecule has 0 fully saturated rings. The molecule has 1 heterocycles. The Kier molecular flexibility index (Phi) is 8.40. The van der Waals surface area contributed by atoms with Crippen LogP contribution in [-0.2, 0) is 0 Å². The van der Waals surface area contributed by atoms with Crippen LogP contribution in [0.4, 0.5) is 5.82 Å². The number of amides is 1. The Labute approximate surface area is 128 Å². The molecule has 0 aliphatic rings. The molecule has 0 aromatic carbocycles. The summed E-state index contributed by atoms with van der Waals surface area (Å²) in [6.45, 7) is 8.76. The Morgan fingerprint density at radius 3 is 2.29 bits per heavy atom. The minimum Gasteiger partial charge on any atom is -0.369 e. The van der Waals surface area contributed by atoms with E-state index in [0.717, 1.165) is 44.7 Å². The van der Waals surface area contributed by atoms with E-state index in [-0.39, 0.29) is 5.91 Å². The summed E-state index contributed by atoms with van der Waals surface area (Å²) in [6, 6.07) is 0. The minimum absolute atomic E-state index is 0.0243. The predicted octanol–water partition coefficient (Wildman–Crippen LogP) is 3.34. The molecule has 5 nitrogen and oxygen atoms in total. The van der Waals surface area contributed by atoms with E-state index in [9.17, 15) is 4.79 Å². The second kappa shape index (κ2) is 10.1. The molecule has 118 valence electrons. The molecule has 0 aliphatic heterocycles. The normalized spacial score (nSPS) is 10.4. The van der Waals surface area contributed by atoms with Crippen molar-refractivity contribution in [2.24, 2.45) is 0 Å². The van der Waals surface area contributed by atoms with Gasteiger partial charge in [-0.05, 0) is 19.3 Å². The van der Waals surface area contributed by atoms with Crippen molar-refractivity contribution in [1.82, 2.24) is 14.9 Å². The van der Waals surface area contributed by atoms with Gasteiger partial charge in [-0.15, -0.1) is 0 Å². The summed E-state index contributed by atoms with van der Waals surface area (Å²) in [5.41, 5.74) is 0.427. The third-order valence-electron chi connectivity index (χ3n) is 3.23. The van der Waals surface area contributed by atoms with E-state index >= 15 is 0 Å². The maximum absolute atomic E-state index is 12.3. The Bertz CT molecular complexity index is 399. The summed E-state index contributed by atoms with van der Waals surface area (Å²) >= 11 is 0. The molecule has 21 heavy (non-hydrogen) atoms. The smallest absolute Gasteiger partial charge is 0.274 e. The van der Waals surface area contributed by atoms with Crippen LogP contribution in [0.3, 0.4) is 0 Å². The standard InChI is InChI=1S/C16H28N4O/c1-4-7-8-9-17-15-13-18-14(12-19-15)16(21)20(10-5-2)11-6-3/h12-13H,4-11H2,1-3H3,(H,17,19). The van der Waals surface area contributed by atoms with Gasteiger partial charge in [0.05, 0.1) is 12.4 Å². The molecule has 1 rings (SSSR count). The van der Waals surface area contributed by atoms with Crippen LogP contribution in [0, 0.1) is 0 Å². The third-order valence-corrected chi connectivity index (χ3v) is 3.23. The summed E-state index contributed by atoms with van der Waals surface area (Å²) < 4.78 is 0. The van der Waals surface area contributed by atoms with Gasteiger partial charge in [0.15, 0.2) is 0 Å². The molecule has 0 saturated carbocycles. The molecular formula is C16H28N4O. The highest BCUT2D eigenvalue weighted by Gasteiger charge is 2.15. The van der Waals surface area contributed by atoms with E-state index in [0.29, 0.717) is 5.69 Å². The lowest BCUT2D eigenvalue weighted by Gasteiger charge is -2.20. The molecule has 0 bridgehead atoms. The second-order valence-electron chi connectivity index (χ2n) is 5.21. The van der Waals surface area contributed by atoms with Crippen LogP contribution in [0.15, 0.2) is 12.4 Å². The highest BCUT2D eigenvalue weighted by atomic mass is 16.2. The van der Waals surface area contributed by atoms with Gasteiger partial charge in [0.2, 0.25) is 0 Å². The first-order valence-corrected chi connectivity index (χ1v) is 8.08. The lowest BCUT2D eigenvalue weighted by molar-refractivity contribution is 0.0749. The van der Waals surface area contributed by atoms with Gasteiger partial charge in [-0.25, -0.2) is 9.97 Å². The van der Waals surface area contributed by atoms with Crippen LogP contribution < -0.4 is 5.32 Å². The summed E-state index contributed by atoms with van der Waals surface area (Å²) in [7, 11) is 0. The molecule has 1 aromatic heterocycles. The van der Waals surface area contributed by atoms with Crippen molar-refractivity contribution in [2.75, 3.05) is 25.0 Å².